The highest BCUT2D eigenvalue weighted by molar-refractivity contribution is 5.85. The van der Waals surface area contributed by atoms with Crippen molar-refractivity contribution in [1.29, 1.82) is 0 Å². The molecular weight excluding hydrogens is 292 g/mol. The molecule has 8 heteroatoms. The van der Waals surface area contributed by atoms with Crippen molar-refractivity contribution in [2.75, 3.05) is 13.1 Å². The summed E-state index contributed by atoms with van der Waals surface area (Å²) in [6, 6.07) is 0.374. The average Bonchev–Trinajstić information content (AvgIpc) is 2.99. The minimum atomic E-state index is 0. The van der Waals surface area contributed by atoms with Crippen LogP contribution in [0.15, 0.2) is 10.9 Å². The molecule has 1 atom stereocenters. The maximum atomic E-state index is 5.26. The van der Waals surface area contributed by atoms with Crippen molar-refractivity contribution in [2.24, 2.45) is 5.92 Å². The van der Waals surface area contributed by atoms with Crippen LogP contribution in [-0.2, 0) is 6.42 Å². The molecule has 1 N–H and O–H groups in total. The normalized spacial score (nSPS) is 22.0. The van der Waals surface area contributed by atoms with Gasteiger partial charge in [-0.1, -0.05) is 5.16 Å². The number of aromatic nitrogens is 5. The zero-order valence-electron chi connectivity index (χ0n) is 11.7. The largest absolute Gasteiger partial charge is 0.330 e. The van der Waals surface area contributed by atoms with Gasteiger partial charge in [0.1, 0.15) is 6.33 Å². The number of hydrogen-bond donors (Lipinski definition) is 1. The second-order valence-electron chi connectivity index (χ2n) is 5.71. The fourth-order valence-electron chi connectivity index (χ4n) is 2.62. The smallest absolute Gasteiger partial charge is 0.297 e. The van der Waals surface area contributed by atoms with E-state index in [9.17, 15) is 0 Å². The van der Waals surface area contributed by atoms with Crippen LogP contribution < -0.4 is 5.32 Å². The molecule has 0 radical (unpaired) electrons. The minimum absolute atomic E-state index is 0. The number of halogens is 1. The molecule has 1 saturated heterocycles. The second-order valence-corrected chi connectivity index (χ2v) is 5.71. The molecule has 0 amide bonds. The molecule has 1 saturated carbocycles. The van der Waals surface area contributed by atoms with Gasteiger partial charge in [0, 0.05) is 13.0 Å². The highest BCUT2D eigenvalue weighted by Crippen LogP contribution is 2.32. The molecule has 7 nitrogen and oxygen atoms in total. The Balaban J connectivity index is 0.00000132. The van der Waals surface area contributed by atoms with Crippen LogP contribution in [0.3, 0.4) is 0 Å². The van der Waals surface area contributed by atoms with Gasteiger partial charge in [-0.25, -0.2) is 9.67 Å². The summed E-state index contributed by atoms with van der Waals surface area (Å²) in [6.07, 6.45) is 7.55. The van der Waals surface area contributed by atoms with E-state index in [0.717, 1.165) is 37.7 Å². The third kappa shape index (κ3) is 3.24. The lowest BCUT2D eigenvalue weighted by Gasteiger charge is -2.22. The lowest BCUT2D eigenvalue weighted by Crippen LogP contribution is -2.31. The molecule has 0 aromatic carbocycles. The van der Waals surface area contributed by atoms with Crippen molar-refractivity contribution in [2.45, 2.75) is 38.1 Å². The Bertz CT molecular complexity index is 587. The predicted molar refractivity (Wildman–Crippen MR) is 78.1 cm³/mol. The first-order chi connectivity index (χ1) is 9.88. The molecule has 3 heterocycles. The fourth-order valence-corrected chi connectivity index (χ4v) is 2.62. The molecule has 0 spiro atoms. The first-order valence-electron chi connectivity index (χ1n) is 7.33. The molecule has 2 aliphatic rings. The summed E-state index contributed by atoms with van der Waals surface area (Å²) in [5, 5.41) is 11.9. The van der Waals surface area contributed by atoms with Crippen LogP contribution in [-0.4, -0.2) is 38.0 Å². The topological polar surface area (TPSA) is 81.7 Å². The predicted octanol–water partition coefficient (Wildman–Crippen LogP) is 1.63. The van der Waals surface area contributed by atoms with Crippen molar-refractivity contribution in [3.63, 3.8) is 0 Å². The highest BCUT2D eigenvalue weighted by atomic mass is 35.5. The first-order valence-corrected chi connectivity index (χ1v) is 7.33. The van der Waals surface area contributed by atoms with Crippen molar-refractivity contribution >= 4 is 12.4 Å². The van der Waals surface area contributed by atoms with Crippen LogP contribution in [0.2, 0.25) is 0 Å². The zero-order valence-corrected chi connectivity index (χ0v) is 12.6. The van der Waals surface area contributed by atoms with E-state index in [1.165, 1.54) is 19.3 Å². The molecule has 1 unspecified atom stereocenters. The fraction of sp³-hybridized carbons (Fsp3) is 0.692. The lowest BCUT2D eigenvalue weighted by molar-refractivity contribution is 0.345. The van der Waals surface area contributed by atoms with Gasteiger partial charge >= 0.3 is 0 Å². The quantitative estimate of drug-likeness (QED) is 0.924. The Labute approximate surface area is 128 Å². The molecule has 2 aromatic rings. The van der Waals surface area contributed by atoms with Crippen molar-refractivity contribution in [1.82, 2.24) is 30.2 Å². The van der Waals surface area contributed by atoms with Gasteiger partial charge in [0.05, 0.1) is 6.04 Å². The number of hydrogen-bond acceptors (Lipinski definition) is 6. The van der Waals surface area contributed by atoms with Gasteiger partial charge in [0.15, 0.2) is 5.82 Å². The van der Waals surface area contributed by atoms with Crippen molar-refractivity contribution in [3.8, 4) is 11.7 Å². The molecule has 2 aromatic heterocycles. The summed E-state index contributed by atoms with van der Waals surface area (Å²) >= 11 is 0. The van der Waals surface area contributed by atoms with Gasteiger partial charge < -0.3 is 9.84 Å². The summed E-state index contributed by atoms with van der Waals surface area (Å²) in [5.41, 5.74) is 0. The zero-order chi connectivity index (χ0) is 13.4. The van der Waals surface area contributed by atoms with Crippen LogP contribution in [0.4, 0.5) is 0 Å². The summed E-state index contributed by atoms with van der Waals surface area (Å²) in [7, 11) is 0. The number of piperidine rings is 1. The van der Waals surface area contributed by atoms with Crippen LogP contribution in [0.1, 0.15) is 37.5 Å². The molecule has 21 heavy (non-hydrogen) atoms. The van der Waals surface area contributed by atoms with E-state index in [1.54, 1.807) is 6.33 Å². The second kappa shape index (κ2) is 6.11. The minimum Gasteiger partial charge on any atom is -0.330 e. The lowest BCUT2D eigenvalue weighted by atomic mass is 10.1. The van der Waals surface area contributed by atoms with Crippen LogP contribution in [0.5, 0.6) is 0 Å². The van der Waals surface area contributed by atoms with E-state index >= 15 is 0 Å². The van der Waals surface area contributed by atoms with Crippen molar-refractivity contribution in [3.05, 3.63) is 12.2 Å². The Kier molecular flexibility index (Phi) is 4.21. The van der Waals surface area contributed by atoms with E-state index in [1.807, 2.05) is 4.68 Å². The Morgan fingerprint density at radius 1 is 1.33 bits per heavy atom. The van der Waals surface area contributed by atoms with Gasteiger partial charge in [0.25, 0.3) is 5.89 Å². The Hall–Kier alpha value is -1.47. The molecule has 114 valence electrons. The molecule has 0 bridgehead atoms. The van der Waals surface area contributed by atoms with Gasteiger partial charge in [0.2, 0.25) is 5.82 Å². The van der Waals surface area contributed by atoms with E-state index < -0.39 is 0 Å². The molecular formula is C13H19ClN6O. The molecule has 4 rings (SSSR count). The summed E-state index contributed by atoms with van der Waals surface area (Å²) < 4.78 is 7.17. The van der Waals surface area contributed by atoms with Gasteiger partial charge in [-0.3, -0.25) is 0 Å². The van der Waals surface area contributed by atoms with E-state index in [4.69, 9.17) is 4.52 Å². The van der Waals surface area contributed by atoms with Gasteiger partial charge in [-0.15, -0.1) is 17.5 Å². The molecule has 2 fully saturated rings. The van der Waals surface area contributed by atoms with E-state index in [-0.39, 0.29) is 12.4 Å². The van der Waals surface area contributed by atoms with Crippen LogP contribution >= 0.6 is 12.4 Å². The third-order valence-corrected chi connectivity index (χ3v) is 3.98. The summed E-state index contributed by atoms with van der Waals surface area (Å²) in [5.74, 6) is 2.49. The first kappa shape index (κ1) is 14.5. The molecule has 1 aliphatic carbocycles. The third-order valence-electron chi connectivity index (χ3n) is 3.98. The monoisotopic (exact) mass is 310 g/mol. The van der Waals surface area contributed by atoms with Gasteiger partial charge in [-0.2, -0.15) is 4.98 Å². The number of rotatable bonds is 4. The SMILES string of the molecule is Cl.c1nc(-c2nc(CC3CC3)no2)nn1C1CCCNC1. The summed E-state index contributed by atoms with van der Waals surface area (Å²) in [6.45, 7) is 2.03. The van der Waals surface area contributed by atoms with Crippen LogP contribution in [0.25, 0.3) is 11.7 Å². The number of nitrogens with one attached hydrogen (secondary N) is 1. The van der Waals surface area contributed by atoms with Gasteiger partial charge in [-0.05, 0) is 38.1 Å². The van der Waals surface area contributed by atoms with Crippen LogP contribution in [0, 0.1) is 5.92 Å². The van der Waals surface area contributed by atoms with E-state index in [2.05, 4.69) is 25.5 Å². The summed E-state index contributed by atoms with van der Waals surface area (Å²) in [4.78, 5) is 8.68. The maximum Gasteiger partial charge on any atom is 0.297 e. The number of nitrogens with zero attached hydrogens (tertiary/aromatic N) is 5. The Morgan fingerprint density at radius 2 is 2.24 bits per heavy atom. The maximum absolute atomic E-state index is 5.26. The Morgan fingerprint density at radius 3 is 3.00 bits per heavy atom. The van der Waals surface area contributed by atoms with E-state index in [0.29, 0.717) is 17.8 Å². The van der Waals surface area contributed by atoms with Crippen molar-refractivity contribution < 1.29 is 4.52 Å². The average molecular weight is 311 g/mol. The molecule has 1 aliphatic heterocycles. The highest BCUT2D eigenvalue weighted by Gasteiger charge is 2.25. The standard InChI is InChI=1S/C13H18N6O.ClH/c1-2-10(7-14-5-1)19-8-15-12(17-19)13-16-11(18-20-13)6-9-3-4-9;/h8-10,14H,1-7H2;1H.